The van der Waals surface area contributed by atoms with Crippen molar-refractivity contribution in [1.29, 1.82) is 0 Å². The predicted molar refractivity (Wildman–Crippen MR) is 65.7 cm³/mol. The second-order valence-electron chi connectivity index (χ2n) is 4.35. The van der Waals surface area contributed by atoms with Crippen molar-refractivity contribution >= 4 is 17.1 Å². The van der Waals surface area contributed by atoms with Gasteiger partial charge in [0, 0.05) is 18.9 Å². The van der Waals surface area contributed by atoms with Crippen molar-refractivity contribution in [3.63, 3.8) is 0 Å². The van der Waals surface area contributed by atoms with Crippen LogP contribution in [0.15, 0.2) is 22.6 Å². The maximum Gasteiger partial charge on any atom is 0.303 e. The fourth-order valence-electron chi connectivity index (χ4n) is 1.84. The summed E-state index contributed by atoms with van der Waals surface area (Å²) in [6.07, 6.45) is 0.630. The molecule has 96 valence electrons. The van der Waals surface area contributed by atoms with Gasteiger partial charge in [-0.15, -0.1) is 0 Å². The minimum absolute atomic E-state index is 0.00235. The van der Waals surface area contributed by atoms with Gasteiger partial charge in [0.2, 0.25) is 0 Å². The second kappa shape index (κ2) is 5.08. The van der Waals surface area contributed by atoms with Crippen molar-refractivity contribution in [1.82, 2.24) is 4.98 Å². The molecule has 0 fully saturated rings. The van der Waals surface area contributed by atoms with Crippen molar-refractivity contribution < 1.29 is 19.1 Å². The Kier molecular flexibility index (Phi) is 3.50. The number of ether oxygens (including phenoxy) is 1. The zero-order valence-corrected chi connectivity index (χ0v) is 10.3. The molecule has 1 atom stereocenters. The lowest BCUT2D eigenvalue weighted by Gasteiger charge is -2.03. The lowest BCUT2D eigenvalue weighted by atomic mass is 10.0. The number of rotatable bonds is 5. The molecule has 2 rings (SSSR count). The number of aromatic nitrogens is 1. The summed E-state index contributed by atoms with van der Waals surface area (Å²) in [5.74, 6) is 0.466. The van der Waals surface area contributed by atoms with Crippen LogP contribution < -0.4 is 4.74 Å². The summed E-state index contributed by atoms with van der Waals surface area (Å²) in [6.45, 7) is 1.86. The van der Waals surface area contributed by atoms with Crippen LogP contribution >= 0.6 is 0 Å². The molecular formula is C13H15NO4. The molecule has 0 amide bonds. The number of carboxylic acids is 1. The highest BCUT2D eigenvalue weighted by atomic mass is 16.5. The van der Waals surface area contributed by atoms with Gasteiger partial charge in [0.05, 0.1) is 7.11 Å². The highest BCUT2D eigenvalue weighted by Crippen LogP contribution is 2.23. The molecule has 1 heterocycles. The zero-order chi connectivity index (χ0) is 13.1. The number of fused-ring (bicyclic) bond motifs is 1. The van der Waals surface area contributed by atoms with Crippen LogP contribution in [0.4, 0.5) is 0 Å². The average Bonchev–Trinajstić information content (AvgIpc) is 2.68. The van der Waals surface area contributed by atoms with E-state index in [-0.39, 0.29) is 12.3 Å². The molecule has 18 heavy (non-hydrogen) atoms. The molecule has 0 aliphatic carbocycles. The van der Waals surface area contributed by atoms with Crippen LogP contribution in [-0.2, 0) is 11.2 Å². The van der Waals surface area contributed by atoms with E-state index < -0.39 is 5.97 Å². The van der Waals surface area contributed by atoms with Crippen LogP contribution in [0.25, 0.3) is 11.1 Å². The van der Waals surface area contributed by atoms with E-state index in [2.05, 4.69) is 4.98 Å². The number of carbonyl (C=O) groups is 1. The van der Waals surface area contributed by atoms with Crippen LogP contribution in [0, 0.1) is 5.92 Å². The van der Waals surface area contributed by atoms with Gasteiger partial charge in [-0.25, -0.2) is 4.98 Å². The number of methoxy groups -OCH3 is 1. The Hall–Kier alpha value is -2.04. The molecule has 0 aliphatic rings. The SMILES string of the molecule is COc1ccc2nc(CC(C)CC(=O)O)oc2c1. The molecular weight excluding hydrogens is 234 g/mol. The van der Waals surface area contributed by atoms with Gasteiger partial charge >= 0.3 is 5.97 Å². The number of oxazole rings is 1. The third-order valence-electron chi connectivity index (χ3n) is 2.69. The van der Waals surface area contributed by atoms with E-state index in [1.165, 1.54) is 0 Å². The fraction of sp³-hybridized carbons (Fsp3) is 0.385. The van der Waals surface area contributed by atoms with E-state index in [1.54, 1.807) is 13.2 Å². The Balaban J connectivity index is 2.17. The van der Waals surface area contributed by atoms with E-state index in [9.17, 15) is 4.79 Å². The highest BCUT2D eigenvalue weighted by molar-refractivity contribution is 5.74. The first-order valence-corrected chi connectivity index (χ1v) is 5.73. The van der Waals surface area contributed by atoms with Gasteiger partial charge in [0.15, 0.2) is 11.5 Å². The molecule has 5 heteroatoms. The normalized spacial score (nSPS) is 12.6. The number of hydrogen-bond acceptors (Lipinski definition) is 4. The van der Waals surface area contributed by atoms with E-state index in [4.69, 9.17) is 14.3 Å². The number of aliphatic carboxylic acids is 1. The molecule has 0 radical (unpaired) electrons. The van der Waals surface area contributed by atoms with E-state index in [0.717, 1.165) is 5.52 Å². The topological polar surface area (TPSA) is 72.6 Å². The summed E-state index contributed by atoms with van der Waals surface area (Å²) in [6, 6.07) is 5.41. The van der Waals surface area contributed by atoms with E-state index >= 15 is 0 Å². The number of nitrogens with zero attached hydrogens (tertiary/aromatic N) is 1. The molecule has 0 saturated heterocycles. The van der Waals surface area contributed by atoms with Crippen molar-refractivity contribution in [2.45, 2.75) is 19.8 Å². The Morgan fingerprint density at radius 3 is 3.00 bits per heavy atom. The van der Waals surface area contributed by atoms with Crippen molar-refractivity contribution in [2.24, 2.45) is 5.92 Å². The third kappa shape index (κ3) is 2.80. The van der Waals surface area contributed by atoms with Crippen LogP contribution in [0.1, 0.15) is 19.2 Å². The van der Waals surface area contributed by atoms with Crippen molar-refractivity contribution in [3.8, 4) is 5.75 Å². The predicted octanol–water partition coefficient (Wildman–Crippen LogP) is 2.49. The highest BCUT2D eigenvalue weighted by Gasteiger charge is 2.13. The first-order valence-electron chi connectivity index (χ1n) is 5.73. The molecule has 1 unspecified atom stereocenters. The van der Waals surface area contributed by atoms with E-state index in [0.29, 0.717) is 23.6 Å². The Morgan fingerprint density at radius 2 is 2.33 bits per heavy atom. The molecule has 1 aromatic carbocycles. The standard InChI is InChI=1S/C13H15NO4/c1-8(6-13(15)16)5-12-14-10-4-3-9(17-2)7-11(10)18-12/h3-4,7-8H,5-6H2,1-2H3,(H,15,16). The summed E-state index contributed by atoms with van der Waals surface area (Å²) in [4.78, 5) is 14.9. The van der Waals surface area contributed by atoms with Crippen LogP contribution in [0.5, 0.6) is 5.75 Å². The fourth-order valence-corrected chi connectivity index (χ4v) is 1.84. The van der Waals surface area contributed by atoms with Crippen molar-refractivity contribution in [3.05, 3.63) is 24.1 Å². The lowest BCUT2D eigenvalue weighted by molar-refractivity contribution is -0.137. The lowest BCUT2D eigenvalue weighted by Crippen LogP contribution is -2.07. The maximum atomic E-state index is 10.6. The maximum absolute atomic E-state index is 10.6. The molecule has 0 bridgehead atoms. The number of benzene rings is 1. The van der Waals surface area contributed by atoms with Crippen LogP contribution in [0.3, 0.4) is 0 Å². The van der Waals surface area contributed by atoms with Gasteiger partial charge in [0.1, 0.15) is 11.3 Å². The zero-order valence-electron chi connectivity index (χ0n) is 10.3. The summed E-state index contributed by atoms with van der Waals surface area (Å²) in [7, 11) is 1.59. The van der Waals surface area contributed by atoms with Crippen molar-refractivity contribution in [2.75, 3.05) is 7.11 Å². The summed E-state index contributed by atoms with van der Waals surface area (Å²) in [5, 5.41) is 8.70. The Bertz CT molecular complexity index is 561. The second-order valence-corrected chi connectivity index (χ2v) is 4.35. The summed E-state index contributed by atoms with van der Waals surface area (Å²) >= 11 is 0. The minimum Gasteiger partial charge on any atom is -0.497 e. The largest absolute Gasteiger partial charge is 0.497 e. The van der Waals surface area contributed by atoms with E-state index in [1.807, 2.05) is 19.1 Å². The monoisotopic (exact) mass is 249 g/mol. The first kappa shape index (κ1) is 12.4. The first-order chi connectivity index (χ1) is 8.58. The van der Waals surface area contributed by atoms with Gasteiger partial charge in [0.25, 0.3) is 0 Å². The Labute approximate surface area is 104 Å². The molecule has 1 aromatic heterocycles. The Morgan fingerprint density at radius 1 is 1.56 bits per heavy atom. The molecule has 5 nitrogen and oxygen atoms in total. The summed E-state index contributed by atoms with van der Waals surface area (Å²) in [5.41, 5.74) is 1.42. The average molecular weight is 249 g/mol. The number of hydrogen-bond donors (Lipinski definition) is 1. The van der Waals surface area contributed by atoms with Gasteiger partial charge in [-0.2, -0.15) is 0 Å². The molecule has 0 aliphatic heterocycles. The van der Waals surface area contributed by atoms with Gasteiger partial charge in [-0.3, -0.25) is 4.79 Å². The smallest absolute Gasteiger partial charge is 0.303 e. The molecule has 0 saturated carbocycles. The third-order valence-corrected chi connectivity index (χ3v) is 2.69. The van der Waals surface area contributed by atoms with Crippen LogP contribution in [0.2, 0.25) is 0 Å². The number of carboxylic acid groups (broad SMARTS) is 1. The summed E-state index contributed by atoms with van der Waals surface area (Å²) < 4.78 is 10.7. The molecule has 1 N–H and O–H groups in total. The minimum atomic E-state index is -0.805. The van der Waals surface area contributed by atoms with Gasteiger partial charge in [-0.1, -0.05) is 6.92 Å². The quantitative estimate of drug-likeness (QED) is 0.881. The molecule has 2 aromatic rings. The van der Waals surface area contributed by atoms with Gasteiger partial charge in [-0.05, 0) is 18.1 Å². The van der Waals surface area contributed by atoms with Gasteiger partial charge < -0.3 is 14.3 Å². The van der Waals surface area contributed by atoms with Crippen LogP contribution in [-0.4, -0.2) is 23.2 Å². The molecule has 0 spiro atoms.